The molecule has 3 amide bonds. The molecule has 4 heterocycles. The molecule has 8 nitrogen and oxygen atoms in total. The van der Waals surface area contributed by atoms with E-state index in [0.717, 1.165) is 34.5 Å². The van der Waals surface area contributed by atoms with Gasteiger partial charge in [-0.15, -0.1) is 0 Å². The van der Waals surface area contributed by atoms with Crippen molar-refractivity contribution in [3.05, 3.63) is 58.3 Å². The lowest BCUT2D eigenvalue weighted by molar-refractivity contribution is -0.121. The molecular formula is C26H31N5O3. The lowest BCUT2D eigenvalue weighted by Gasteiger charge is -2.36. The number of aromatic nitrogens is 1. The van der Waals surface area contributed by atoms with Gasteiger partial charge in [0, 0.05) is 51.0 Å². The summed E-state index contributed by atoms with van der Waals surface area (Å²) in [5.74, 6) is 0.306. The minimum absolute atomic E-state index is 0.0111. The zero-order valence-corrected chi connectivity index (χ0v) is 19.8. The number of hydrogen-bond donors (Lipinski definition) is 2. The summed E-state index contributed by atoms with van der Waals surface area (Å²) in [6.45, 7) is 7.97. The van der Waals surface area contributed by atoms with E-state index >= 15 is 0 Å². The van der Waals surface area contributed by atoms with Gasteiger partial charge in [-0.25, -0.2) is 4.98 Å². The molecule has 178 valence electrons. The van der Waals surface area contributed by atoms with E-state index in [4.69, 9.17) is 0 Å². The normalized spacial score (nSPS) is 22.6. The molecule has 3 fully saturated rings. The quantitative estimate of drug-likeness (QED) is 0.725. The molecule has 3 aliphatic heterocycles. The van der Waals surface area contributed by atoms with Gasteiger partial charge in [0.05, 0.1) is 11.8 Å². The molecule has 0 spiro atoms. The zero-order valence-electron chi connectivity index (χ0n) is 19.8. The van der Waals surface area contributed by atoms with Crippen LogP contribution in [0.25, 0.3) is 0 Å². The van der Waals surface area contributed by atoms with Gasteiger partial charge in [-0.2, -0.15) is 0 Å². The molecule has 3 saturated heterocycles. The third kappa shape index (κ3) is 4.13. The highest BCUT2D eigenvalue weighted by molar-refractivity contribution is 5.99. The molecule has 2 unspecified atom stereocenters. The van der Waals surface area contributed by atoms with E-state index in [9.17, 15) is 14.4 Å². The van der Waals surface area contributed by atoms with Crippen LogP contribution >= 0.6 is 0 Å². The first-order valence-corrected chi connectivity index (χ1v) is 12.1. The number of nitrogens with one attached hydrogen (secondary N) is 2. The summed E-state index contributed by atoms with van der Waals surface area (Å²) in [6, 6.07) is 7.76. The van der Waals surface area contributed by atoms with Gasteiger partial charge in [-0.1, -0.05) is 18.2 Å². The van der Waals surface area contributed by atoms with Crippen LogP contribution in [-0.2, 0) is 9.59 Å². The predicted octanol–water partition coefficient (Wildman–Crippen LogP) is 1.87. The van der Waals surface area contributed by atoms with Crippen LogP contribution in [-0.4, -0.2) is 66.9 Å². The van der Waals surface area contributed by atoms with Crippen molar-refractivity contribution in [2.45, 2.75) is 38.5 Å². The van der Waals surface area contributed by atoms with E-state index in [2.05, 4.69) is 33.5 Å². The molecule has 1 aromatic carbocycles. The molecular weight excluding hydrogens is 430 g/mol. The van der Waals surface area contributed by atoms with Gasteiger partial charge in [0.25, 0.3) is 5.91 Å². The Morgan fingerprint density at radius 2 is 1.62 bits per heavy atom. The van der Waals surface area contributed by atoms with E-state index in [1.807, 2.05) is 36.2 Å². The molecule has 1 aromatic heterocycles. The summed E-state index contributed by atoms with van der Waals surface area (Å²) in [6.07, 6.45) is 3.27. The number of hydrogen-bond acceptors (Lipinski definition) is 5. The number of carbonyl (C=O) groups excluding carboxylic acids is 3. The fraction of sp³-hybridized carbons (Fsp3) is 0.462. The van der Waals surface area contributed by atoms with Gasteiger partial charge in [0.2, 0.25) is 11.8 Å². The second-order valence-electron chi connectivity index (χ2n) is 9.54. The van der Waals surface area contributed by atoms with Gasteiger partial charge in [-0.05, 0) is 55.0 Å². The molecule has 0 aliphatic carbocycles. The van der Waals surface area contributed by atoms with Crippen LogP contribution in [0, 0.1) is 13.8 Å². The second kappa shape index (κ2) is 9.08. The molecule has 0 saturated carbocycles. The molecule has 2 atom stereocenters. The predicted molar refractivity (Wildman–Crippen MR) is 129 cm³/mol. The Balaban J connectivity index is 1.38. The number of amides is 3. The lowest BCUT2D eigenvalue weighted by atomic mass is 9.87. The van der Waals surface area contributed by atoms with E-state index in [-0.39, 0.29) is 29.6 Å². The Hall–Kier alpha value is -3.42. The van der Waals surface area contributed by atoms with Gasteiger partial charge in [-0.3, -0.25) is 14.4 Å². The average molecular weight is 462 g/mol. The summed E-state index contributed by atoms with van der Waals surface area (Å²) >= 11 is 0. The Morgan fingerprint density at radius 1 is 0.941 bits per heavy atom. The highest BCUT2D eigenvalue weighted by atomic mass is 16.2. The molecule has 8 heteroatoms. The first-order valence-electron chi connectivity index (χ1n) is 12.1. The van der Waals surface area contributed by atoms with Crippen molar-refractivity contribution >= 4 is 23.5 Å². The van der Waals surface area contributed by atoms with Crippen LogP contribution in [0.4, 0.5) is 5.82 Å². The zero-order chi connectivity index (χ0) is 23.8. The molecule has 2 aromatic rings. The number of aryl methyl sites for hydroxylation is 2. The number of benzene rings is 1. The number of anilines is 1. The van der Waals surface area contributed by atoms with Gasteiger partial charge in [0.15, 0.2) is 0 Å². The minimum atomic E-state index is -0.357. The fourth-order valence-electron chi connectivity index (χ4n) is 5.41. The van der Waals surface area contributed by atoms with Crippen LogP contribution in [0.15, 0.2) is 30.5 Å². The van der Waals surface area contributed by atoms with Crippen LogP contribution in [0.2, 0.25) is 0 Å². The molecule has 2 N–H and O–H groups in total. The SMILES string of the molecule is Cc1cnc(N2CCN(C(=O)c3ccc(C4CCNC4=O)cc3C3CCNC3=O)CC2)c(C)c1. The minimum Gasteiger partial charge on any atom is -0.356 e. The third-order valence-corrected chi connectivity index (χ3v) is 7.24. The van der Waals surface area contributed by atoms with Crippen molar-refractivity contribution in [1.29, 1.82) is 0 Å². The summed E-state index contributed by atoms with van der Waals surface area (Å²) in [4.78, 5) is 47.1. The fourth-order valence-corrected chi connectivity index (χ4v) is 5.41. The Morgan fingerprint density at radius 3 is 2.24 bits per heavy atom. The van der Waals surface area contributed by atoms with Crippen LogP contribution in [0.5, 0.6) is 0 Å². The Bertz CT molecular complexity index is 1140. The monoisotopic (exact) mass is 461 g/mol. The smallest absolute Gasteiger partial charge is 0.254 e. The molecule has 3 aliphatic rings. The molecule has 34 heavy (non-hydrogen) atoms. The van der Waals surface area contributed by atoms with E-state index in [1.54, 1.807) is 0 Å². The molecule has 0 bridgehead atoms. The average Bonchev–Trinajstić information content (AvgIpc) is 3.46. The second-order valence-corrected chi connectivity index (χ2v) is 9.54. The van der Waals surface area contributed by atoms with Gasteiger partial charge in [0.1, 0.15) is 5.82 Å². The lowest BCUT2D eigenvalue weighted by Crippen LogP contribution is -2.49. The van der Waals surface area contributed by atoms with E-state index in [0.29, 0.717) is 51.3 Å². The van der Waals surface area contributed by atoms with Crippen LogP contribution < -0.4 is 15.5 Å². The van der Waals surface area contributed by atoms with Crippen LogP contribution in [0.1, 0.15) is 57.3 Å². The molecule has 5 rings (SSSR count). The maximum Gasteiger partial charge on any atom is 0.254 e. The summed E-state index contributed by atoms with van der Waals surface area (Å²) in [7, 11) is 0. The standard InChI is InChI=1S/C26H31N5O3/c1-16-13-17(2)23(29-15-16)30-9-11-31(12-10-30)26(34)21-4-3-18(19-5-7-27-24(19)32)14-22(21)20-6-8-28-25(20)33/h3-4,13-15,19-20H,5-12H2,1-2H3,(H,27,32)(H,28,33). The first-order chi connectivity index (χ1) is 16.4. The van der Waals surface area contributed by atoms with Gasteiger partial charge >= 0.3 is 0 Å². The summed E-state index contributed by atoms with van der Waals surface area (Å²) in [5, 5.41) is 5.76. The maximum absolute atomic E-state index is 13.6. The Kier molecular flexibility index (Phi) is 5.98. The van der Waals surface area contributed by atoms with E-state index < -0.39 is 0 Å². The van der Waals surface area contributed by atoms with Crippen molar-refractivity contribution in [2.75, 3.05) is 44.2 Å². The van der Waals surface area contributed by atoms with Crippen molar-refractivity contribution in [3.63, 3.8) is 0 Å². The highest BCUT2D eigenvalue weighted by Gasteiger charge is 2.34. The van der Waals surface area contributed by atoms with Gasteiger partial charge < -0.3 is 20.4 Å². The van der Waals surface area contributed by atoms with Crippen molar-refractivity contribution in [3.8, 4) is 0 Å². The number of rotatable bonds is 4. The number of carbonyl (C=O) groups is 3. The number of nitrogens with zero attached hydrogens (tertiary/aromatic N) is 3. The third-order valence-electron chi connectivity index (χ3n) is 7.24. The largest absolute Gasteiger partial charge is 0.356 e. The van der Waals surface area contributed by atoms with Crippen molar-refractivity contribution < 1.29 is 14.4 Å². The first kappa shape index (κ1) is 22.4. The van der Waals surface area contributed by atoms with Crippen molar-refractivity contribution in [2.24, 2.45) is 0 Å². The maximum atomic E-state index is 13.6. The Labute approximate surface area is 199 Å². The topological polar surface area (TPSA) is 94.6 Å². The highest BCUT2D eigenvalue weighted by Crippen LogP contribution is 2.33. The summed E-state index contributed by atoms with van der Waals surface area (Å²) in [5.41, 5.74) is 4.47. The van der Waals surface area contributed by atoms with E-state index in [1.165, 1.54) is 0 Å². The van der Waals surface area contributed by atoms with Crippen molar-refractivity contribution in [1.82, 2.24) is 20.5 Å². The summed E-state index contributed by atoms with van der Waals surface area (Å²) < 4.78 is 0. The number of piperazine rings is 1. The molecule has 0 radical (unpaired) electrons. The number of pyridine rings is 1. The van der Waals surface area contributed by atoms with Crippen LogP contribution in [0.3, 0.4) is 0 Å².